The molecule has 0 saturated carbocycles. The van der Waals surface area contributed by atoms with Crippen LogP contribution >= 0.6 is 0 Å². The number of carbonyl (C=O) groups excluding carboxylic acids is 1. The van der Waals surface area contributed by atoms with Gasteiger partial charge in [-0.25, -0.2) is 0 Å². The summed E-state index contributed by atoms with van der Waals surface area (Å²) < 4.78 is 5.17. The van der Waals surface area contributed by atoms with E-state index >= 15 is 0 Å². The number of ether oxygens (including phenoxy) is 1. The van der Waals surface area contributed by atoms with Crippen molar-refractivity contribution in [2.75, 3.05) is 20.2 Å². The molecule has 4 nitrogen and oxygen atoms in total. The molecule has 22 heavy (non-hydrogen) atoms. The van der Waals surface area contributed by atoms with Gasteiger partial charge < -0.3 is 15.4 Å². The van der Waals surface area contributed by atoms with Crippen LogP contribution in [0, 0.1) is 5.92 Å². The van der Waals surface area contributed by atoms with Gasteiger partial charge >= 0.3 is 0 Å². The van der Waals surface area contributed by atoms with Crippen LogP contribution in [0.2, 0.25) is 0 Å². The number of amides is 1. The Labute approximate surface area is 130 Å². The van der Waals surface area contributed by atoms with E-state index in [4.69, 9.17) is 4.74 Å². The van der Waals surface area contributed by atoms with Crippen molar-refractivity contribution < 1.29 is 9.53 Å². The Morgan fingerprint density at radius 3 is 2.18 bits per heavy atom. The SMILES string of the molecule is COc1ccc(-c2ccc(CNC(=O)C3CNC3)cc2)cc1. The van der Waals surface area contributed by atoms with E-state index in [2.05, 4.69) is 34.9 Å². The second-order valence-corrected chi connectivity index (χ2v) is 5.50. The molecule has 3 rings (SSSR count). The zero-order valence-electron chi connectivity index (χ0n) is 12.6. The normalized spacial score (nSPS) is 14.2. The van der Waals surface area contributed by atoms with Crippen molar-refractivity contribution in [2.45, 2.75) is 6.54 Å². The summed E-state index contributed by atoms with van der Waals surface area (Å²) in [5.41, 5.74) is 3.41. The highest BCUT2D eigenvalue weighted by atomic mass is 16.5. The zero-order valence-corrected chi connectivity index (χ0v) is 12.6. The molecular weight excluding hydrogens is 276 g/mol. The standard InChI is InChI=1S/C18H20N2O2/c1-22-17-8-6-15(7-9-17)14-4-2-13(3-5-14)10-20-18(21)16-11-19-12-16/h2-9,16,19H,10-12H2,1H3,(H,20,21). The molecule has 0 unspecified atom stereocenters. The van der Waals surface area contributed by atoms with Gasteiger partial charge in [-0.15, -0.1) is 0 Å². The van der Waals surface area contributed by atoms with Crippen molar-refractivity contribution in [3.05, 3.63) is 54.1 Å². The van der Waals surface area contributed by atoms with Gasteiger partial charge in [0.15, 0.2) is 0 Å². The molecule has 0 aliphatic carbocycles. The van der Waals surface area contributed by atoms with E-state index in [1.165, 1.54) is 0 Å². The minimum Gasteiger partial charge on any atom is -0.497 e. The molecule has 0 aromatic heterocycles. The average Bonchev–Trinajstić information content (AvgIpc) is 2.52. The molecule has 1 heterocycles. The van der Waals surface area contributed by atoms with Crippen molar-refractivity contribution in [1.29, 1.82) is 0 Å². The number of hydrogen-bond acceptors (Lipinski definition) is 3. The first-order valence-electron chi connectivity index (χ1n) is 7.48. The van der Waals surface area contributed by atoms with E-state index in [1.807, 2.05) is 24.3 Å². The van der Waals surface area contributed by atoms with Crippen molar-refractivity contribution in [3.8, 4) is 16.9 Å². The molecule has 1 aliphatic heterocycles. The number of carbonyl (C=O) groups is 1. The molecule has 1 aliphatic rings. The molecular formula is C18H20N2O2. The largest absolute Gasteiger partial charge is 0.497 e. The molecule has 2 N–H and O–H groups in total. The van der Waals surface area contributed by atoms with Gasteiger partial charge in [-0.3, -0.25) is 4.79 Å². The molecule has 0 spiro atoms. The molecule has 0 atom stereocenters. The van der Waals surface area contributed by atoms with E-state index in [-0.39, 0.29) is 11.8 Å². The second kappa shape index (κ2) is 6.62. The molecule has 1 fully saturated rings. The van der Waals surface area contributed by atoms with Gasteiger partial charge in [-0.05, 0) is 28.8 Å². The first-order chi connectivity index (χ1) is 10.8. The number of benzene rings is 2. The number of methoxy groups -OCH3 is 1. The highest BCUT2D eigenvalue weighted by molar-refractivity contribution is 5.80. The molecule has 2 aromatic carbocycles. The van der Waals surface area contributed by atoms with Crippen molar-refractivity contribution in [2.24, 2.45) is 5.92 Å². The highest BCUT2D eigenvalue weighted by Crippen LogP contribution is 2.22. The second-order valence-electron chi connectivity index (χ2n) is 5.50. The van der Waals surface area contributed by atoms with Crippen molar-refractivity contribution >= 4 is 5.91 Å². The summed E-state index contributed by atoms with van der Waals surface area (Å²) in [4.78, 5) is 11.8. The Kier molecular flexibility index (Phi) is 4.39. The van der Waals surface area contributed by atoms with Crippen LogP contribution in [0.4, 0.5) is 0 Å². The highest BCUT2D eigenvalue weighted by Gasteiger charge is 2.24. The lowest BCUT2D eigenvalue weighted by Crippen LogP contribution is -2.50. The molecule has 1 saturated heterocycles. The van der Waals surface area contributed by atoms with Crippen molar-refractivity contribution in [3.63, 3.8) is 0 Å². The fourth-order valence-corrected chi connectivity index (χ4v) is 2.41. The Balaban J connectivity index is 1.60. The summed E-state index contributed by atoms with van der Waals surface area (Å²) in [7, 11) is 1.66. The lowest BCUT2D eigenvalue weighted by molar-refractivity contribution is -0.126. The maximum Gasteiger partial charge on any atom is 0.225 e. The summed E-state index contributed by atoms with van der Waals surface area (Å²) >= 11 is 0. The van der Waals surface area contributed by atoms with Crippen molar-refractivity contribution in [1.82, 2.24) is 10.6 Å². The lowest BCUT2D eigenvalue weighted by atomic mass is 10.0. The first-order valence-corrected chi connectivity index (χ1v) is 7.48. The van der Waals surface area contributed by atoms with E-state index in [9.17, 15) is 4.79 Å². The van der Waals surface area contributed by atoms with Crippen LogP contribution in [0.1, 0.15) is 5.56 Å². The van der Waals surface area contributed by atoms with E-state index in [0.29, 0.717) is 6.54 Å². The summed E-state index contributed by atoms with van der Waals surface area (Å²) in [5, 5.41) is 6.08. The van der Waals surface area contributed by atoms with Crippen LogP contribution in [0.5, 0.6) is 5.75 Å². The van der Waals surface area contributed by atoms with E-state index in [0.717, 1.165) is 35.5 Å². The van der Waals surface area contributed by atoms with Gasteiger partial charge in [-0.1, -0.05) is 36.4 Å². The minimum atomic E-state index is 0.137. The van der Waals surface area contributed by atoms with Crippen LogP contribution in [0.15, 0.2) is 48.5 Å². The van der Waals surface area contributed by atoms with Crippen LogP contribution in [-0.2, 0) is 11.3 Å². The van der Waals surface area contributed by atoms with Crippen LogP contribution in [0.25, 0.3) is 11.1 Å². The molecule has 4 heteroatoms. The molecule has 0 bridgehead atoms. The molecule has 114 valence electrons. The number of rotatable bonds is 5. The Hall–Kier alpha value is -2.33. The van der Waals surface area contributed by atoms with Gasteiger partial charge in [-0.2, -0.15) is 0 Å². The fraction of sp³-hybridized carbons (Fsp3) is 0.278. The monoisotopic (exact) mass is 296 g/mol. The fourth-order valence-electron chi connectivity index (χ4n) is 2.41. The smallest absolute Gasteiger partial charge is 0.225 e. The van der Waals surface area contributed by atoms with Gasteiger partial charge in [0.2, 0.25) is 5.91 Å². The third-order valence-corrected chi connectivity index (χ3v) is 4.00. The van der Waals surface area contributed by atoms with E-state index in [1.54, 1.807) is 7.11 Å². The van der Waals surface area contributed by atoms with Crippen LogP contribution in [-0.4, -0.2) is 26.1 Å². The third kappa shape index (κ3) is 3.28. The Bertz CT molecular complexity index is 631. The summed E-state index contributed by atoms with van der Waals surface area (Å²) in [6.45, 7) is 2.17. The van der Waals surface area contributed by atoms with Gasteiger partial charge in [0.1, 0.15) is 5.75 Å². The number of nitrogens with one attached hydrogen (secondary N) is 2. The van der Waals surface area contributed by atoms with E-state index < -0.39 is 0 Å². The van der Waals surface area contributed by atoms with Crippen LogP contribution in [0.3, 0.4) is 0 Å². The zero-order chi connectivity index (χ0) is 15.4. The maximum absolute atomic E-state index is 11.8. The maximum atomic E-state index is 11.8. The average molecular weight is 296 g/mol. The first kappa shape index (κ1) is 14.6. The van der Waals surface area contributed by atoms with Gasteiger partial charge in [0, 0.05) is 19.6 Å². The summed E-state index contributed by atoms with van der Waals surface area (Å²) in [5.74, 6) is 1.13. The topological polar surface area (TPSA) is 50.4 Å². The van der Waals surface area contributed by atoms with Gasteiger partial charge in [0.25, 0.3) is 0 Å². The predicted molar refractivity (Wildman–Crippen MR) is 86.6 cm³/mol. The third-order valence-electron chi connectivity index (χ3n) is 4.00. The van der Waals surface area contributed by atoms with Crippen LogP contribution < -0.4 is 15.4 Å². The molecule has 2 aromatic rings. The molecule has 1 amide bonds. The molecule has 0 radical (unpaired) electrons. The number of hydrogen-bond donors (Lipinski definition) is 2. The minimum absolute atomic E-state index is 0.137. The lowest BCUT2D eigenvalue weighted by Gasteiger charge is -2.25. The predicted octanol–water partition coefficient (Wildman–Crippen LogP) is 2.20. The summed E-state index contributed by atoms with van der Waals surface area (Å²) in [6.07, 6.45) is 0. The Morgan fingerprint density at radius 2 is 1.68 bits per heavy atom. The summed E-state index contributed by atoms with van der Waals surface area (Å²) in [6, 6.07) is 16.3. The van der Waals surface area contributed by atoms with Gasteiger partial charge in [0.05, 0.1) is 13.0 Å². The quantitative estimate of drug-likeness (QED) is 0.889. The Morgan fingerprint density at radius 1 is 1.09 bits per heavy atom.